The molecule has 0 saturated carbocycles. The Bertz CT molecular complexity index is 1260. The Morgan fingerprint density at radius 1 is 1.08 bits per heavy atom. The van der Waals surface area contributed by atoms with Crippen LogP contribution in [-0.4, -0.2) is 63.4 Å². The molecule has 5 N–H and O–H groups in total. The maximum Gasteiger partial charge on any atom is 0.327 e. The van der Waals surface area contributed by atoms with Crippen LogP contribution in [0.5, 0.6) is 11.5 Å². The highest BCUT2D eigenvalue weighted by Crippen LogP contribution is 2.44. The van der Waals surface area contributed by atoms with Crippen molar-refractivity contribution in [1.82, 2.24) is 15.3 Å². The number of halogens is 2. The molecule has 37 heavy (non-hydrogen) atoms. The number of nitrogens with zero attached hydrogens (tertiary/aromatic N) is 4. The molecular formula is C24H28Cl2N8O3. The van der Waals surface area contributed by atoms with Gasteiger partial charge in [-0.05, 0) is 18.2 Å². The molecule has 1 aromatic heterocycles. The van der Waals surface area contributed by atoms with E-state index in [0.29, 0.717) is 34.5 Å². The number of anilines is 6. The average Bonchev–Trinajstić information content (AvgIpc) is 2.92. The quantitative estimate of drug-likeness (QED) is 0.322. The number of nitrogen functional groups attached to an aromatic ring is 1. The fourth-order valence-electron chi connectivity index (χ4n) is 3.81. The van der Waals surface area contributed by atoms with Crippen molar-refractivity contribution in [3.63, 3.8) is 0 Å². The van der Waals surface area contributed by atoms with E-state index in [2.05, 4.69) is 30.8 Å². The minimum absolute atomic E-state index is 0.139. The van der Waals surface area contributed by atoms with Crippen LogP contribution in [0.25, 0.3) is 0 Å². The van der Waals surface area contributed by atoms with Crippen molar-refractivity contribution in [3.05, 3.63) is 46.7 Å². The Labute approximate surface area is 224 Å². The standard InChI is InChI=1S/C24H28Cl2N8O3/c1-33(24(35)32-23-21(25)17(36-2)11-18(37-3)22(23)26)20-12-19(29-13-30-20)31-16-5-4-14(10-15(16)27)34-8-6-28-7-9-34/h4-5,10-13,28H,6-9,27H2,1-3H3,(H,32,35)(H,29,30,31). The van der Waals surface area contributed by atoms with Gasteiger partial charge < -0.3 is 36.1 Å². The molecule has 4 rings (SSSR count). The van der Waals surface area contributed by atoms with Crippen molar-refractivity contribution in [2.75, 3.05) is 73.6 Å². The van der Waals surface area contributed by atoms with E-state index < -0.39 is 6.03 Å². The SMILES string of the molecule is COc1cc(OC)c(Cl)c(NC(=O)N(C)c2cc(Nc3ccc(N4CCNCC4)cc3N)ncn2)c1Cl. The number of ether oxygens (including phenoxy) is 2. The van der Waals surface area contributed by atoms with Gasteiger partial charge in [0.1, 0.15) is 39.5 Å². The molecule has 2 heterocycles. The van der Waals surface area contributed by atoms with Crippen molar-refractivity contribution in [2.24, 2.45) is 0 Å². The number of amides is 2. The lowest BCUT2D eigenvalue weighted by Gasteiger charge is -2.29. The summed E-state index contributed by atoms with van der Waals surface area (Å²) < 4.78 is 10.5. The number of rotatable bonds is 7. The molecule has 1 aliphatic rings. The smallest absolute Gasteiger partial charge is 0.327 e. The molecular weight excluding hydrogens is 519 g/mol. The number of carbonyl (C=O) groups excluding carboxylic acids is 1. The molecule has 11 nitrogen and oxygen atoms in total. The summed E-state index contributed by atoms with van der Waals surface area (Å²) in [6.45, 7) is 3.73. The van der Waals surface area contributed by atoms with Gasteiger partial charge in [0.25, 0.3) is 0 Å². The third kappa shape index (κ3) is 5.85. The van der Waals surface area contributed by atoms with Gasteiger partial charge in [-0.3, -0.25) is 4.90 Å². The second kappa shape index (κ2) is 11.6. The zero-order valence-corrected chi connectivity index (χ0v) is 22.2. The monoisotopic (exact) mass is 546 g/mol. The largest absolute Gasteiger partial charge is 0.495 e. The minimum Gasteiger partial charge on any atom is -0.495 e. The summed E-state index contributed by atoms with van der Waals surface area (Å²) >= 11 is 12.8. The van der Waals surface area contributed by atoms with Crippen LogP contribution < -0.4 is 41.0 Å². The Balaban J connectivity index is 1.50. The number of hydrogen-bond donors (Lipinski definition) is 4. The lowest BCUT2D eigenvalue weighted by Crippen LogP contribution is -2.43. The summed E-state index contributed by atoms with van der Waals surface area (Å²) in [5.74, 6) is 1.39. The van der Waals surface area contributed by atoms with Gasteiger partial charge in [-0.25, -0.2) is 14.8 Å². The highest BCUT2D eigenvalue weighted by atomic mass is 35.5. The van der Waals surface area contributed by atoms with Gasteiger partial charge in [-0.1, -0.05) is 23.2 Å². The zero-order chi connectivity index (χ0) is 26.5. The van der Waals surface area contributed by atoms with Crippen LogP contribution in [0.2, 0.25) is 10.0 Å². The van der Waals surface area contributed by atoms with Crippen LogP contribution >= 0.6 is 23.2 Å². The van der Waals surface area contributed by atoms with E-state index in [1.807, 2.05) is 18.2 Å². The first-order valence-corrected chi connectivity index (χ1v) is 12.2. The molecule has 3 aromatic rings. The summed E-state index contributed by atoms with van der Waals surface area (Å²) in [6, 6.07) is 8.48. The van der Waals surface area contributed by atoms with Crippen LogP contribution in [0.15, 0.2) is 36.7 Å². The van der Waals surface area contributed by atoms with Gasteiger partial charge in [0, 0.05) is 51.0 Å². The van der Waals surface area contributed by atoms with Gasteiger partial charge in [0.2, 0.25) is 0 Å². The molecule has 196 valence electrons. The van der Waals surface area contributed by atoms with E-state index in [-0.39, 0.29) is 15.7 Å². The zero-order valence-electron chi connectivity index (χ0n) is 20.6. The third-order valence-corrected chi connectivity index (χ3v) is 6.64. The van der Waals surface area contributed by atoms with Gasteiger partial charge in [0.15, 0.2) is 0 Å². The topological polar surface area (TPSA) is 130 Å². The second-order valence-corrected chi connectivity index (χ2v) is 8.92. The molecule has 13 heteroatoms. The van der Waals surface area contributed by atoms with Crippen molar-refractivity contribution in [1.29, 1.82) is 0 Å². The van der Waals surface area contributed by atoms with E-state index in [4.69, 9.17) is 38.4 Å². The van der Waals surface area contributed by atoms with Crippen LogP contribution in [0.3, 0.4) is 0 Å². The van der Waals surface area contributed by atoms with E-state index >= 15 is 0 Å². The average molecular weight is 547 g/mol. The Morgan fingerprint density at radius 3 is 2.38 bits per heavy atom. The van der Waals surface area contributed by atoms with E-state index in [9.17, 15) is 4.79 Å². The number of hydrogen-bond acceptors (Lipinski definition) is 9. The van der Waals surface area contributed by atoms with Gasteiger partial charge in [0.05, 0.1) is 31.3 Å². The Morgan fingerprint density at radius 2 is 1.76 bits per heavy atom. The number of urea groups is 1. The number of nitrogens with one attached hydrogen (secondary N) is 3. The molecule has 1 saturated heterocycles. The summed E-state index contributed by atoms with van der Waals surface area (Å²) in [4.78, 5) is 25.1. The van der Waals surface area contributed by atoms with Crippen LogP contribution in [0.1, 0.15) is 0 Å². The third-order valence-electron chi connectivity index (χ3n) is 5.89. The molecule has 0 aliphatic carbocycles. The molecule has 2 aromatic carbocycles. The lowest BCUT2D eigenvalue weighted by atomic mass is 10.2. The van der Waals surface area contributed by atoms with E-state index in [0.717, 1.165) is 31.9 Å². The van der Waals surface area contributed by atoms with Crippen molar-refractivity contribution >= 4 is 63.6 Å². The van der Waals surface area contributed by atoms with Crippen molar-refractivity contribution < 1.29 is 14.3 Å². The molecule has 0 bridgehead atoms. The predicted molar refractivity (Wildman–Crippen MR) is 148 cm³/mol. The maximum atomic E-state index is 13.0. The Hall–Kier alpha value is -3.67. The fourth-order valence-corrected chi connectivity index (χ4v) is 4.41. The number of carbonyl (C=O) groups is 1. The van der Waals surface area contributed by atoms with E-state index in [1.165, 1.54) is 31.5 Å². The predicted octanol–water partition coefficient (Wildman–Crippen LogP) is 4.20. The summed E-state index contributed by atoms with van der Waals surface area (Å²) in [6.07, 6.45) is 1.35. The number of nitrogens with two attached hydrogens (primary N) is 1. The molecule has 0 atom stereocenters. The summed E-state index contributed by atoms with van der Waals surface area (Å²) in [7, 11) is 4.46. The highest BCUT2D eigenvalue weighted by Gasteiger charge is 2.22. The first kappa shape index (κ1) is 26.4. The first-order valence-electron chi connectivity index (χ1n) is 11.4. The molecule has 0 spiro atoms. The second-order valence-electron chi connectivity index (χ2n) is 8.17. The molecule has 1 fully saturated rings. The fraction of sp³-hybridized carbons (Fsp3) is 0.292. The maximum absolute atomic E-state index is 13.0. The molecule has 1 aliphatic heterocycles. The van der Waals surface area contributed by atoms with Crippen molar-refractivity contribution in [3.8, 4) is 11.5 Å². The number of benzene rings is 2. The highest BCUT2D eigenvalue weighted by molar-refractivity contribution is 6.41. The van der Waals surface area contributed by atoms with Gasteiger partial charge in [-0.15, -0.1) is 0 Å². The van der Waals surface area contributed by atoms with Crippen molar-refractivity contribution in [2.45, 2.75) is 0 Å². The van der Waals surface area contributed by atoms with E-state index in [1.54, 1.807) is 13.1 Å². The number of piperazine rings is 1. The first-order chi connectivity index (χ1) is 17.8. The molecule has 2 amide bonds. The van der Waals surface area contributed by atoms with Crippen LogP contribution in [-0.2, 0) is 0 Å². The van der Waals surface area contributed by atoms with Crippen LogP contribution in [0.4, 0.5) is 39.2 Å². The minimum atomic E-state index is -0.538. The summed E-state index contributed by atoms with van der Waals surface area (Å²) in [5.41, 5.74) is 8.81. The van der Waals surface area contributed by atoms with Crippen LogP contribution in [0, 0.1) is 0 Å². The lowest BCUT2D eigenvalue weighted by molar-refractivity contribution is 0.258. The molecule has 0 radical (unpaired) electrons. The van der Waals surface area contributed by atoms with Gasteiger partial charge >= 0.3 is 6.03 Å². The van der Waals surface area contributed by atoms with Gasteiger partial charge in [-0.2, -0.15) is 0 Å². The molecule has 0 unspecified atom stereocenters. The number of aromatic nitrogens is 2. The summed E-state index contributed by atoms with van der Waals surface area (Å²) in [5, 5.41) is 9.50. The Kier molecular flexibility index (Phi) is 8.27. The number of methoxy groups -OCH3 is 2. The normalized spacial score (nSPS) is 13.2.